The summed E-state index contributed by atoms with van der Waals surface area (Å²) in [4.78, 5) is 2.44. The highest BCUT2D eigenvalue weighted by atomic mass is 15.1. The Morgan fingerprint density at radius 1 is 0.311 bits per heavy atom. The summed E-state index contributed by atoms with van der Waals surface area (Å²) in [5.41, 5.74) is 29.6. The molecule has 0 amide bonds. The van der Waals surface area contributed by atoms with E-state index in [-0.39, 0.29) is 5.41 Å². The minimum absolute atomic E-state index is 0.0124. The Kier molecular flexibility index (Phi) is 15.1. The van der Waals surface area contributed by atoms with Gasteiger partial charge in [-0.05, 0) is 195 Å². The number of aromatic nitrogens is 1. The zero-order valence-electron chi connectivity index (χ0n) is 52.5. The molecule has 12 aromatic carbocycles. The highest BCUT2D eigenvalue weighted by Crippen LogP contribution is 2.59. The van der Waals surface area contributed by atoms with E-state index in [1.807, 2.05) is 0 Å². The Bertz CT molecular complexity index is 4590. The predicted octanol–water partition coefficient (Wildman–Crippen LogP) is 24.4. The second kappa shape index (κ2) is 24.0. The van der Waals surface area contributed by atoms with E-state index < -0.39 is 5.41 Å². The van der Waals surface area contributed by atoms with Gasteiger partial charge < -0.3 is 9.47 Å². The summed E-state index contributed by atoms with van der Waals surface area (Å²) in [6, 6.07) is 106. The fourth-order valence-corrected chi connectivity index (χ4v) is 15.8. The van der Waals surface area contributed by atoms with Gasteiger partial charge in [0.15, 0.2) is 0 Å². The molecule has 0 saturated heterocycles. The molecule has 2 nitrogen and oxygen atoms in total. The maximum Gasteiger partial charge on any atom is 0.0715 e. The molecule has 0 radical (unpaired) electrons. The van der Waals surface area contributed by atoms with Gasteiger partial charge in [-0.1, -0.05) is 277 Å². The van der Waals surface area contributed by atoms with Gasteiger partial charge in [-0.2, -0.15) is 0 Å². The Morgan fingerprint density at radius 2 is 0.722 bits per heavy atom. The standard InChI is InChI=1S/C88H78N2/c1-5-7-9-23-53-87(54-24-10-8-6-2)81-56-62(4)33-47-75(81)76-48-39-68(58-82(76)87)67-40-52-86-80(57-67)79-55-61(3)34-51-85(79)90(86)74-46-50-78-77-49-45-73(59-83(77)88(84(78)60-74,69-29-19-13-20-30-69)70-31-21-14-22-32-70)89(71-41-35-65(36-42-71)63-25-15-11-16-26-63)72-43-37-66(38-44-72)64-27-17-12-18-28-64/h11-22,25-52,55-60H,5-10,23-24,53-54H2,1-4H3. The third-order valence-corrected chi connectivity index (χ3v) is 20.2. The van der Waals surface area contributed by atoms with E-state index in [1.54, 1.807) is 11.1 Å². The first-order valence-electron chi connectivity index (χ1n) is 33.2. The molecule has 15 rings (SSSR count). The molecule has 1 heterocycles. The third kappa shape index (κ3) is 9.80. The maximum atomic E-state index is 2.62. The molecular formula is C88H78N2. The SMILES string of the molecule is CCCCCCC1(CCCCCC)c2cc(C)ccc2-c2ccc(-c3ccc4c(c3)c3cc(C)ccc3n4-c3ccc4c(c3)C(c3ccccc3)(c3ccccc3)c3cc(N(c5ccc(-c6ccccc6)cc5)c5ccc(-c6ccccc6)cc5)ccc3-4)cc21. The minimum Gasteiger partial charge on any atom is -0.310 e. The van der Waals surface area contributed by atoms with E-state index in [0.29, 0.717) is 0 Å². The Labute approximate surface area is 532 Å². The number of nitrogens with zero attached hydrogens (tertiary/aromatic N) is 2. The molecule has 0 unspecified atom stereocenters. The smallest absolute Gasteiger partial charge is 0.0715 e. The van der Waals surface area contributed by atoms with Crippen LogP contribution in [0.2, 0.25) is 0 Å². The van der Waals surface area contributed by atoms with Gasteiger partial charge in [0, 0.05) is 38.9 Å². The van der Waals surface area contributed by atoms with Crippen molar-refractivity contribution in [3.63, 3.8) is 0 Å². The van der Waals surface area contributed by atoms with Crippen molar-refractivity contribution < 1.29 is 0 Å². The zero-order chi connectivity index (χ0) is 60.8. The monoisotopic (exact) mass is 1160 g/mol. The van der Waals surface area contributed by atoms with Gasteiger partial charge in [-0.3, -0.25) is 0 Å². The minimum atomic E-state index is -0.672. The highest BCUT2D eigenvalue weighted by Gasteiger charge is 2.47. The van der Waals surface area contributed by atoms with Crippen molar-refractivity contribution in [1.29, 1.82) is 0 Å². The first-order valence-corrected chi connectivity index (χ1v) is 33.2. The molecule has 2 aliphatic rings. The van der Waals surface area contributed by atoms with E-state index in [9.17, 15) is 0 Å². The van der Waals surface area contributed by atoms with Crippen LogP contribution in [0.25, 0.3) is 83.1 Å². The second-order valence-corrected chi connectivity index (χ2v) is 25.7. The fraction of sp³-hybridized carbons (Fsp3) is 0.182. The van der Waals surface area contributed by atoms with Crippen LogP contribution in [0.1, 0.15) is 123 Å². The Hall–Kier alpha value is -9.76. The van der Waals surface area contributed by atoms with E-state index in [0.717, 1.165) is 22.7 Å². The second-order valence-electron chi connectivity index (χ2n) is 25.7. The molecule has 90 heavy (non-hydrogen) atoms. The largest absolute Gasteiger partial charge is 0.310 e. The van der Waals surface area contributed by atoms with Crippen molar-refractivity contribution >= 4 is 38.9 Å². The maximum absolute atomic E-state index is 2.62. The normalized spacial score (nSPS) is 13.3. The number of benzene rings is 12. The number of aryl methyl sites for hydroxylation is 2. The summed E-state index contributed by atoms with van der Waals surface area (Å²) in [7, 11) is 0. The van der Waals surface area contributed by atoms with Crippen molar-refractivity contribution in [3.8, 4) is 61.3 Å². The molecule has 1 aromatic heterocycles. The summed E-state index contributed by atoms with van der Waals surface area (Å²) in [5, 5.41) is 2.55. The number of anilines is 3. The topological polar surface area (TPSA) is 8.17 Å². The van der Waals surface area contributed by atoms with Crippen LogP contribution in [-0.4, -0.2) is 4.57 Å². The number of hydrogen-bond acceptors (Lipinski definition) is 1. The molecule has 0 bridgehead atoms. The lowest BCUT2D eigenvalue weighted by atomic mass is 9.67. The summed E-state index contributed by atoms with van der Waals surface area (Å²) >= 11 is 0. The van der Waals surface area contributed by atoms with Gasteiger partial charge in [0.05, 0.1) is 16.4 Å². The number of fused-ring (bicyclic) bond motifs is 9. The molecule has 2 aliphatic carbocycles. The first kappa shape index (κ1) is 56.7. The van der Waals surface area contributed by atoms with E-state index in [2.05, 4.69) is 316 Å². The summed E-state index contributed by atoms with van der Waals surface area (Å²) in [6.07, 6.45) is 12.6. The van der Waals surface area contributed by atoms with Crippen LogP contribution in [0.15, 0.2) is 279 Å². The van der Waals surface area contributed by atoms with Crippen molar-refractivity contribution in [1.82, 2.24) is 4.57 Å². The van der Waals surface area contributed by atoms with Gasteiger partial charge in [-0.15, -0.1) is 0 Å². The van der Waals surface area contributed by atoms with Crippen LogP contribution >= 0.6 is 0 Å². The Morgan fingerprint density at radius 3 is 1.30 bits per heavy atom. The molecule has 2 heteroatoms. The first-order chi connectivity index (χ1) is 44.3. The molecule has 0 atom stereocenters. The van der Waals surface area contributed by atoms with Gasteiger partial charge in [0.25, 0.3) is 0 Å². The van der Waals surface area contributed by atoms with Gasteiger partial charge >= 0.3 is 0 Å². The molecule has 0 aliphatic heterocycles. The number of rotatable bonds is 19. The van der Waals surface area contributed by atoms with E-state index in [4.69, 9.17) is 0 Å². The molecule has 13 aromatic rings. The van der Waals surface area contributed by atoms with Crippen LogP contribution in [0.5, 0.6) is 0 Å². The van der Waals surface area contributed by atoms with Crippen molar-refractivity contribution in [2.45, 2.75) is 103 Å². The lowest BCUT2D eigenvalue weighted by Crippen LogP contribution is -2.29. The van der Waals surface area contributed by atoms with Gasteiger partial charge in [-0.25, -0.2) is 0 Å². The van der Waals surface area contributed by atoms with Crippen molar-refractivity contribution in [2.75, 3.05) is 4.90 Å². The van der Waals surface area contributed by atoms with Crippen LogP contribution in [0.3, 0.4) is 0 Å². The molecule has 0 N–H and O–H groups in total. The average Bonchev–Trinajstić information content (AvgIpc) is 1.55. The predicted molar refractivity (Wildman–Crippen MR) is 382 cm³/mol. The third-order valence-electron chi connectivity index (χ3n) is 20.2. The molecule has 440 valence electrons. The lowest BCUT2D eigenvalue weighted by molar-refractivity contribution is 0.401. The fourth-order valence-electron chi connectivity index (χ4n) is 15.8. The molecule has 0 saturated carbocycles. The van der Waals surface area contributed by atoms with Gasteiger partial charge in [0.1, 0.15) is 0 Å². The lowest BCUT2D eigenvalue weighted by Gasteiger charge is -2.35. The van der Waals surface area contributed by atoms with Gasteiger partial charge in [0.2, 0.25) is 0 Å². The average molecular weight is 1160 g/mol. The molecular weight excluding hydrogens is 1080 g/mol. The van der Waals surface area contributed by atoms with Crippen molar-refractivity contribution in [2.24, 2.45) is 0 Å². The summed E-state index contributed by atoms with van der Waals surface area (Å²) in [6.45, 7) is 9.20. The summed E-state index contributed by atoms with van der Waals surface area (Å²) < 4.78 is 2.54. The number of unbranched alkanes of at least 4 members (excludes halogenated alkanes) is 6. The molecule has 0 spiro atoms. The van der Waals surface area contributed by atoms with Crippen LogP contribution in [-0.2, 0) is 10.8 Å². The number of hydrogen-bond donors (Lipinski definition) is 0. The van der Waals surface area contributed by atoms with E-state index in [1.165, 1.54) is 175 Å². The molecule has 0 fully saturated rings. The zero-order valence-corrected chi connectivity index (χ0v) is 52.5. The summed E-state index contributed by atoms with van der Waals surface area (Å²) in [5.74, 6) is 0. The van der Waals surface area contributed by atoms with Crippen molar-refractivity contribution in [3.05, 3.63) is 324 Å². The van der Waals surface area contributed by atoms with Crippen LogP contribution < -0.4 is 4.90 Å². The highest BCUT2D eigenvalue weighted by molar-refractivity contribution is 6.11. The Balaban J connectivity index is 0.882. The van der Waals surface area contributed by atoms with E-state index >= 15 is 0 Å². The quantitative estimate of drug-likeness (QED) is 0.0733. The van der Waals surface area contributed by atoms with Crippen LogP contribution in [0, 0.1) is 13.8 Å². The van der Waals surface area contributed by atoms with Crippen LogP contribution in [0.4, 0.5) is 17.1 Å².